The van der Waals surface area contributed by atoms with Crippen LogP contribution in [0.1, 0.15) is 41.8 Å². The molecule has 0 saturated carbocycles. The Morgan fingerprint density at radius 1 is 1.19 bits per heavy atom. The molecule has 188 valence electrons. The molecule has 36 heavy (non-hydrogen) atoms. The topological polar surface area (TPSA) is 36.4 Å². The van der Waals surface area contributed by atoms with Crippen LogP contribution in [0.4, 0.5) is 14.5 Å². The van der Waals surface area contributed by atoms with Gasteiger partial charge in [-0.3, -0.25) is 9.69 Å². The molecule has 0 bridgehead atoms. The second kappa shape index (κ2) is 11.1. The van der Waals surface area contributed by atoms with Crippen molar-refractivity contribution in [2.75, 3.05) is 31.1 Å². The van der Waals surface area contributed by atoms with Gasteiger partial charge in [0.25, 0.3) is 5.91 Å². The third-order valence-corrected chi connectivity index (χ3v) is 7.19. The molecule has 3 aromatic rings. The fraction of sp³-hybridized carbons (Fsp3) is 0.286. The smallest absolute Gasteiger partial charge is 0.258 e. The zero-order chi connectivity index (χ0) is 25.9. The van der Waals surface area contributed by atoms with E-state index in [4.69, 9.17) is 23.2 Å². The van der Waals surface area contributed by atoms with Gasteiger partial charge in [0.1, 0.15) is 16.8 Å². The van der Waals surface area contributed by atoms with Crippen LogP contribution in [-0.2, 0) is 5.41 Å². The van der Waals surface area contributed by atoms with Gasteiger partial charge in [-0.25, -0.2) is 13.8 Å². The minimum Gasteiger partial charge on any atom is -0.306 e. The SMILES string of the molecule is CCN(CC=Cc1ccc(F)cc1F)CCC1(C)CN(C(=O)c2ccnc(Cl)c2)c2c(Cl)cccc21. The summed E-state index contributed by atoms with van der Waals surface area (Å²) in [7, 11) is 0. The maximum Gasteiger partial charge on any atom is 0.258 e. The van der Waals surface area contributed by atoms with Gasteiger partial charge in [0.05, 0.1) is 10.7 Å². The fourth-order valence-corrected chi connectivity index (χ4v) is 5.07. The number of carbonyl (C=O) groups excluding carboxylic acids is 1. The molecule has 8 heteroatoms. The molecule has 0 N–H and O–H groups in total. The molecule has 1 aliphatic rings. The summed E-state index contributed by atoms with van der Waals surface area (Å²) >= 11 is 12.6. The molecule has 0 saturated heterocycles. The molecule has 2 heterocycles. The Labute approximate surface area is 220 Å². The van der Waals surface area contributed by atoms with Crippen molar-refractivity contribution < 1.29 is 13.6 Å². The number of nitrogens with zero attached hydrogens (tertiary/aromatic N) is 3. The van der Waals surface area contributed by atoms with E-state index in [1.165, 1.54) is 18.3 Å². The summed E-state index contributed by atoms with van der Waals surface area (Å²) < 4.78 is 27.1. The lowest BCUT2D eigenvalue weighted by molar-refractivity contribution is 0.0984. The van der Waals surface area contributed by atoms with Gasteiger partial charge in [-0.2, -0.15) is 0 Å². The van der Waals surface area contributed by atoms with E-state index >= 15 is 0 Å². The summed E-state index contributed by atoms with van der Waals surface area (Å²) in [5, 5.41) is 0.788. The first-order valence-electron chi connectivity index (χ1n) is 11.8. The number of hydrogen-bond acceptors (Lipinski definition) is 3. The van der Waals surface area contributed by atoms with Crippen LogP contribution in [0.25, 0.3) is 6.08 Å². The Hall–Kier alpha value is -2.80. The summed E-state index contributed by atoms with van der Waals surface area (Å²) in [6.45, 7) is 6.87. The van der Waals surface area contributed by atoms with Crippen molar-refractivity contribution in [2.24, 2.45) is 0 Å². The van der Waals surface area contributed by atoms with E-state index in [1.807, 2.05) is 18.2 Å². The van der Waals surface area contributed by atoms with Crippen molar-refractivity contribution in [3.05, 3.63) is 99.3 Å². The van der Waals surface area contributed by atoms with Crippen molar-refractivity contribution in [1.82, 2.24) is 9.88 Å². The van der Waals surface area contributed by atoms with E-state index < -0.39 is 11.6 Å². The van der Waals surface area contributed by atoms with Crippen molar-refractivity contribution in [3.63, 3.8) is 0 Å². The number of likely N-dealkylation sites (N-methyl/N-ethyl adjacent to an activating group) is 1. The molecule has 1 unspecified atom stereocenters. The van der Waals surface area contributed by atoms with Crippen LogP contribution in [0.3, 0.4) is 0 Å². The van der Waals surface area contributed by atoms with E-state index in [-0.39, 0.29) is 16.5 Å². The Morgan fingerprint density at radius 2 is 2.00 bits per heavy atom. The van der Waals surface area contributed by atoms with Crippen LogP contribution >= 0.6 is 23.2 Å². The average molecular weight is 530 g/mol. The lowest BCUT2D eigenvalue weighted by atomic mass is 9.81. The summed E-state index contributed by atoms with van der Waals surface area (Å²) in [5.41, 5.74) is 2.26. The molecule has 4 nitrogen and oxygen atoms in total. The summed E-state index contributed by atoms with van der Waals surface area (Å²) in [6, 6.07) is 12.5. The van der Waals surface area contributed by atoms with Crippen LogP contribution in [0.2, 0.25) is 10.2 Å². The molecule has 1 amide bonds. The van der Waals surface area contributed by atoms with Crippen LogP contribution in [0.5, 0.6) is 0 Å². The van der Waals surface area contributed by atoms with Crippen LogP contribution in [0.15, 0.2) is 60.8 Å². The van der Waals surface area contributed by atoms with E-state index in [0.717, 1.165) is 36.8 Å². The van der Waals surface area contributed by atoms with E-state index in [0.29, 0.717) is 29.2 Å². The lowest BCUT2D eigenvalue weighted by Gasteiger charge is -2.29. The van der Waals surface area contributed by atoms with Crippen molar-refractivity contribution >= 4 is 40.9 Å². The maximum atomic E-state index is 13.9. The molecular formula is C28H27Cl2F2N3O. The van der Waals surface area contributed by atoms with Crippen LogP contribution in [0, 0.1) is 11.6 Å². The van der Waals surface area contributed by atoms with E-state index in [9.17, 15) is 13.6 Å². The number of para-hydroxylation sites is 1. The largest absolute Gasteiger partial charge is 0.306 e. The number of fused-ring (bicyclic) bond motifs is 1. The quantitative estimate of drug-likeness (QED) is 0.294. The zero-order valence-corrected chi connectivity index (χ0v) is 21.7. The summed E-state index contributed by atoms with van der Waals surface area (Å²) in [4.78, 5) is 21.4. The highest BCUT2D eigenvalue weighted by atomic mass is 35.5. The summed E-state index contributed by atoms with van der Waals surface area (Å²) in [5.74, 6) is -1.35. The minimum absolute atomic E-state index is 0.172. The van der Waals surface area contributed by atoms with Gasteiger partial charge < -0.3 is 4.90 Å². The van der Waals surface area contributed by atoms with E-state index in [2.05, 4.69) is 23.7 Å². The number of aromatic nitrogens is 1. The van der Waals surface area contributed by atoms with Crippen molar-refractivity contribution in [3.8, 4) is 0 Å². The van der Waals surface area contributed by atoms with Gasteiger partial charge in [-0.05, 0) is 55.4 Å². The number of hydrogen-bond donors (Lipinski definition) is 0. The van der Waals surface area contributed by atoms with Crippen LogP contribution < -0.4 is 4.90 Å². The number of rotatable bonds is 8. The highest BCUT2D eigenvalue weighted by molar-refractivity contribution is 6.34. The first-order chi connectivity index (χ1) is 17.2. The molecule has 1 aliphatic heterocycles. The number of amides is 1. The summed E-state index contributed by atoms with van der Waals surface area (Å²) in [6.07, 6.45) is 5.85. The monoisotopic (exact) mass is 529 g/mol. The molecule has 0 radical (unpaired) electrons. The second-order valence-corrected chi connectivity index (χ2v) is 9.96. The fourth-order valence-electron chi connectivity index (χ4n) is 4.62. The Kier molecular flexibility index (Phi) is 8.08. The lowest BCUT2D eigenvalue weighted by Crippen LogP contribution is -2.38. The van der Waals surface area contributed by atoms with Crippen molar-refractivity contribution in [2.45, 2.75) is 25.7 Å². The van der Waals surface area contributed by atoms with Crippen LogP contribution in [-0.4, -0.2) is 42.0 Å². The predicted octanol–water partition coefficient (Wildman–Crippen LogP) is 7.01. The first kappa shape index (κ1) is 26.3. The Balaban J connectivity index is 1.49. The molecule has 1 aromatic heterocycles. The van der Waals surface area contributed by atoms with Gasteiger partial charge >= 0.3 is 0 Å². The molecule has 1 atom stereocenters. The highest BCUT2D eigenvalue weighted by Gasteiger charge is 2.42. The molecule has 0 spiro atoms. The number of halogens is 4. The number of pyridine rings is 1. The normalized spacial score (nSPS) is 17.2. The third-order valence-electron chi connectivity index (χ3n) is 6.68. The zero-order valence-electron chi connectivity index (χ0n) is 20.1. The minimum atomic E-state index is -0.593. The number of benzene rings is 2. The first-order valence-corrected chi connectivity index (χ1v) is 12.5. The number of anilines is 1. The highest BCUT2D eigenvalue weighted by Crippen LogP contribution is 2.47. The number of carbonyl (C=O) groups is 1. The molecule has 0 aliphatic carbocycles. The van der Waals surface area contributed by atoms with Gasteiger partial charge in [0.2, 0.25) is 0 Å². The Morgan fingerprint density at radius 3 is 2.72 bits per heavy atom. The van der Waals surface area contributed by atoms with Gasteiger partial charge in [0, 0.05) is 41.9 Å². The van der Waals surface area contributed by atoms with Crippen molar-refractivity contribution in [1.29, 1.82) is 0 Å². The van der Waals surface area contributed by atoms with Gasteiger partial charge in [-0.15, -0.1) is 0 Å². The standard InChI is InChI=1S/C28H27Cl2F2N3O/c1-3-34(14-5-6-19-9-10-21(31)17-24(19)32)15-12-28(2)18-35(26-22(28)7-4-8-23(26)29)27(36)20-11-13-33-25(30)16-20/h4-11,13,16-17H,3,12,14-15,18H2,1-2H3. The molecular weight excluding hydrogens is 503 g/mol. The Bertz CT molecular complexity index is 1300. The molecule has 0 fully saturated rings. The second-order valence-electron chi connectivity index (χ2n) is 9.17. The molecule has 4 rings (SSSR count). The molecule has 2 aromatic carbocycles. The maximum absolute atomic E-state index is 13.9. The predicted molar refractivity (Wildman–Crippen MR) is 142 cm³/mol. The van der Waals surface area contributed by atoms with E-state index in [1.54, 1.807) is 29.2 Å². The third kappa shape index (κ3) is 5.61. The van der Waals surface area contributed by atoms with Gasteiger partial charge in [0.15, 0.2) is 0 Å². The average Bonchev–Trinajstić information content (AvgIpc) is 3.16. The van der Waals surface area contributed by atoms with Gasteiger partial charge in [-0.1, -0.05) is 61.3 Å².